The molecule has 4 atom stereocenters. The van der Waals surface area contributed by atoms with Crippen molar-refractivity contribution in [1.82, 2.24) is 14.8 Å². The fourth-order valence-corrected chi connectivity index (χ4v) is 4.82. The molecule has 0 bridgehead atoms. The lowest BCUT2D eigenvalue weighted by atomic mass is 10.1. The maximum absolute atomic E-state index is 13.4. The van der Waals surface area contributed by atoms with Crippen LogP contribution in [0.5, 0.6) is 0 Å². The first-order valence-electron chi connectivity index (χ1n) is 14.2. The third-order valence-electron chi connectivity index (χ3n) is 6.90. The number of carbonyl (C=O) groups excluding carboxylic acids is 4. The van der Waals surface area contributed by atoms with Crippen LogP contribution in [0, 0.1) is 4.77 Å². The molecule has 1 saturated heterocycles. The predicted octanol–water partition coefficient (Wildman–Crippen LogP) is 3.09. The molecule has 242 valence electrons. The van der Waals surface area contributed by atoms with E-state index < -0.39 is 67.1 Å². The third-order valence-corrected chi connectivity index (χ3v) is 7.19. The molecule has 47 heavy (non-hydrogen) atoms. The second kappa shape index (κ2) is 15.1. The minimum Gasteiger partial charge on any atom is -0.468 e. The zero-order valence-electron chi connectivity index (χ0n) is 24.8. The summed E-state index contributed by atoms with van der Waals surface area (Å²) >= 11 is 5.38. The summed E-state index contributed by atoms with van der Waals surface area (Å²) in [6.07, 6.45) is -5.43. The quantitative estimate of drug-likeness (QED) is 0.136. The maximum Gasteiger partial charge on any atom is 0.338 e. The van der Waals surface area contributed by atoms with Gasteiger partial charge in [-0.05, 0) is 48.6 Å². The molecule has 0 amide bonds. The molecule has 0 aliphatic carbocycles. The van der Waals surface area contributed by atoms with Crippen LogP contribution < -0.4 is 10.9 Å². The van der Waals surface area contributed by atoms with Crippen molar-refractivity contribution >= 4 is 41.9 Å². The smallest absolute Gasteiger partial charge is 0.338 e. The van der Waals surface area contributed by atoms with Gasteiger partial charge in [0.05, 0.1) is 23.8 Å². The van der Waals surface area contributed by atoms with Crippen LogP contribution in [0.1, 0.15) is 37.3 Å². The second-order valence-electron chi connectivity index (χ2n) is 9.98. The van der Waals surface area contributed by atoms with Crippen molar-refractivity contribution in [2.45, 2.75) is 24.5 Å². The number of methoxy groups -OCH3 is 1. The molecule has 5 rings (SSSR count). The van der Waals surface area contributed by atoms with E-state index in [0.717, 1.165) is 4.68 Å². The molecule has 1 aliphatic rings. The average molecular weight is 661 g/mol. The number of aromatic nitrogens is 3. The van der Waals surface area contributed by atoms with Crippen LogP contribution in [-0.4, -0.2) is 77.2 Å². The standard InChI is InChI=1S/C32H28N4O10S/c1-42-23(37)17-33-26-27(38)34-32(47)36(35-26)28-25(46-31(41)21-15-9-4-10-16-21)24(45-30(40)20-13-7-3-8-14-20)22(44-28)18-43-29(39)19-11-5-2-6-12-19/h2-16,22,24-25,28H,17-18H2,1H3,(H,33,35)(H,34,38,47). The van der Waals surface area contributed by atoms with Crippen LogP contribution in [0.2, 0.25) is 0 Å². The van der Waals surface area contributed by atoms with Gasteiger partial charge in [0.1, 0.15) is 19.3 Å². The second-order valence-corrected chi connectivity index (χ2v) is 10.4. The molecule has 2 N–H and O–H groups in total. The molecular formula is C32H28N4O10S. The Hall–Kier alpha value is -5.67. The van der Waals surface area contributed by atoms with Crippen LogP contribution in [0.4, 0.5) is 5.82 Å². The van der Waals surface area contributed by atoms with Crippen LogP contribution >= 0.6 is 12.2 Å². The lowest BCUT2D eigenvalue weighted by Crippen LogP contribution is -2.42. The van der Waals surface area contributed by atoms with Gasteiger partial charge >= 0.3 is 23.9 Å². The highest BCUT2D eigenvalue weighted by atomic mass is 32.1. The molecule has 0 saturated carbocycles. The van der Waals surface area contributed by atoms with Gasteiger partial charge < -0.3 is 29.0 Å². The van der Waals surface area contributed by atoms with Gasteiger partial charge in [0.15, 0.2) is 23.2 Å². The Kier molecular flexibility index (Phi) is 10.5. The van der Waals surface area contributed by atoms with E-state index in [0.29, 0.717) is 0 Å². The number of hydrogen-bond donors (Lipinski definition) is 2. The minimum atomic E-state index is -1.44. The van der Waals surface area contributed by atoms with Crippen molar-refractivity contribution in [3.8, 4) is 0 Å². The number of hydrogen-bond acceptors (Lipinski definition) is 13. The summed E-state index contributed by atoms with van der Waals surface area (Å²) < 4.78 is 28.9. The number of nitrogens with one attached hydrogen (secondary N) is 2. The maximum atomic E-state index is 13.4. The summed E-state index contributed by atoms with van der Waals surface area (Å²) in [7, 11) is 1.17. The molecule has 4 aromatic rings. The third kappa shape index (κ3) is 7.95. The van der Waals surface area contributed by atoms with Crippen LogP contribution in [0.25, 0.3) is 0 Å². The SMILES string of the molecule is COC(=O)CNc1nn(C2OC(COC(=O)c3ccccc3)C(OC(=O)c3ccccc3)C2OC(=O)c2ccccc2)c(=S)[nH]c1=O. The first-order valence-corrected chi connectivity index (χ1v) is 14.6. The molecule has 0 radical (unpaired) electrons. The van der Waals surface area contributed by atoms with E-state index in [4.69, 9.17) is 31.2 Å². The van der Waals surface area contributed by atoms with Crippen molar-refractivity contribution in [3.05, 3.63) is 123 Å². The summed E-state index contributed by atoms with van der Waals surface area (Å²) in [4.78, 5) is 66.3. The molecule has 14 nitrogen and oxygen atoms in total. The lowest BCUT2D eigenvalue weighted by molar-refractivity contribution is -0.138. The number of anilines is 1. The Morgan fingerprint density at radius 1 is 0.830 bits per heavy atom. The normalized spacial score (nSPS) is 18.5. The van der Waals surface area contributed by atoms with Gasteiger partial charge in [0.2, 0.25) is 5.82 Å². The van der Waals surface area contributed by atoms with E-state index in [1.165, 1.54) is 31.4 Å². The van der Waals surface area contributed by atoms with Gasteiger partial charge in [-0.2, -0.15) is 0 Å². The largest absolute Gasteiger partial charge is 0.468 e. The topological polar surface area (TPSA) is 177 Å². The summed E-state index contributed by atoms with van der Waals surface area (Å²) in [6, 6.07) is 24.3. The number of carbonyl (C=O) groups is 4. The Morgan fingerprint density at radius 3 is 1.87 bits per heavy atom. The summed E-state index contributed by atoms with van der Waals surface area (Å²) in [5.74, 6) is -3.28. The molecule has 2 heterocycles. The monoisotopic (exact) mass is 660 g/mol. The summed E-state index contributed by atoms with van der Waals surface area (Å²) in [6.45, 7) is -0.850. The van der Waals surface area contributed by atoms with E-state index in [2.05, 4.69) is 20.1 Å². The van der Waals surface area contributed by atoms with E-state index in [1.807, 2.05) is 0 Å². The molecule has 4 unspecified atom stereocenters. The first-order chi connectivity index (χ1) is 22.7. The van der Waals surface area contributed by atoms with E-state index in [-0.39, 0.29) is 27.3 Å². The van der Waals surface area contributed by atoms with Crippen LogP contribution in [0.15, 0.2) is 95.8 Å². The number of H-pyrrole nitrogens is 1. The fraction of sp³-hybridized carbons (Fsp3) is 0.219. The van der Waals surface area contributed by atoms with Crippen molar-refractivity contribution in [2.24, 2.45) is 0 Å². The van der Waals surface area contributed by atoms with Gasteiger partial charge in [-0.3, -0.25) is 14.6 Å². The van der Waals surface area contributed by atoms with Gasteiger partial charge in [-0.15, -0.1) is 5.10 Å². The molecule has 15 heteroatoms. The number of rotatable bonds is 11. The molecule has 0 spiro atoms. The molecule has 1 aromatic heterocycles. The van der Waals surface area contributed by atoms with Gasteiger partial charge in [-0.25, -0.2) is 19.1 Å². The first kappa shape index (κ1) is 32.7. The summed E-state index contributed by atoms with van der Waals surface area (Å²) in [5.41, 5.74) is -0.127. The highest BCUT2D eigenvalue weighted by Crippen LogP contribution is 2.35. The zero-order chi connectivity index (χ0) is 33.3. The Balaban J connectivity index is 1.53. The number of aromatic amines is 1. The highest BCUT2D eigenvalue weighted by Gasteiger charge is 2.52. The van der Waals surface area contributed by atoms with Crippen molar-refractivity contribution in [3.63, 3.8) is 0 Å². The van der Waals surface area contributed by atoms with E-state index in [9.17, 15) is 24.0 Å². The Morgan fingerprint density at radius 2 is 1.34 bits per heavy atom. The van der Waals surface area contributed by atoms with Crippen molar-refractivity contribution < 1.29 is 42.9 Å². The molecule has 1 fully saturated rings. The fourth-order valence-electron chi connectivity index (χ4n) is 4.58. The van der Waals surface area contributed by atoms with Crippen LogP contribution in [-0.2, 0) is 28.5 Å². The number of ether oxygens (including phenoxy) is 5. The van der Waals surface area contributed by atoms with Crippen LogP contribution in [0.3, 0.4) is 0 Å². The Labute approximate surface area is 272 Å². The predicted molar refractivity (Wildman–Crippen MR) is 166 cm³/mol. The van der Waals surface area contributed by atoms with Gasteiger partial charge in [0.25, 0.3) is 5.56 Å². The molecule has 3 aromatic carbocycles. The van der Waals surface area contributed by atoms with E-state index >= 15 is 0 Å². The lowest BCUT2D eigenvalue weighted by Gasteiger charge is -2.25. The number of nitrogens with zero attached hydrogens (tertiary/aromatic N) is 2. The highest BCUT2D eigenvalue weighted by molar-refractivity contribution is 7.71. The Bertz CT molecular complexity index is 1850. The van der Waals surface area contributed by atoms with Crippen molar-refractivity contribution in [1.29, 1.82) is 0 Å². The van der Waals surface area contributed by atoms with E-state index in [1.54, 1.807) is 66.7 Å². The number of benzene rings is 3. The molecule has 1 aliphatic heterocycles. The summed E-state index contributed by atoms with van der Waals surface area (Å²) in [5, 5.41) is 6.78. The average Bonchev–Trinajstić information content (AvgIpc) is 3.43. The van der Waals surface area contributed by atoms with Crippen molar-refractivity contribution in [2.75, 3.05) is 25.6 Å². The molecular weight excluding hydrogens is 632 g/mol. The number of esters is 4. The van der Waals surface area contributed by atoms with Gasteiger partial charge in [0, 0.05) is 0 Å². The zero-order valence-corrected chi connectivity index (χ0v) is 25.6. The van der Waals surface area contributed by atoms with Gasteiger partial charge in [-0.1, -0.05) is 54.6 Å². The minimum absolute atomic E-state index is 0.178.